The molecule has 0 saturated carbocycles. The maximum absolute atomic E-state index is 14.1. The Labute approximate surface area is 194 Å². The summed E-state index contributed by atoms with van der Waals surface area (Å²) in [4.78, 5) is 37.0. The van der Waals surface area contributed by atoms with Gasteiger partial charge in [-0.1, -0.05) is 0 Å². The predicted molar refractivity (Wildman–Crippen MR) is 114 cm³/mol. The average molecular weight is 517 g/mol. The van der Waals surface area contributed by atoms with Crippen LogP contribution >= 0.6 is 15.9 Å². The number of carbonyl (C=O) groups is 2. The van der Waals surface area contributed by atoms with Crippen LogP contribution in [0.4, 0.5) is 9.18 Å². The van der Waals surface area contributed by atoms with E-state index < -0.39 is 23.4 Å². The molecule has 32 heavy (non-hydrogen) atoms. The highest BCUT2D eigenvalue weighted by molar-refractivity contribution is 9.10. The zero-order valence-corrected chi connectivity index (χ0v) is 20.0. The number of hydrogen-bond acceptors (Lipinski definition) is 8. The van der Waals surface area contributed by atoms with Crippen molar-refractivity contribution in [1.82, 2.24) is 10.1 Å². The van der Waals surface area contributed by atoms with Gasteiger partial charge in [-0.05, 0) is 65.9 Å². The molecule has 0 radical (unpaired) electrons. The van der Waals surface area contributed by atoms with Crippen molar-refractivity contribution in [1.29, 1.82) is 0 Å². The number of benzene rings is 1. The van der Waals surface area contributed by atoms with Crippen LogP contribution in [-0.2, 0) is 28.7 Å². The summed E-state index contributed by atoms with van der Waals surface area (Å²) >= 11 is 3.18. The number of amides is 1. The molecule has 2 aliphatic rings. The molecule has 0 atom stereocenters. The van der Waals surface area contributed by atoms with Gasteiger partial charge in [0.05, 0.1) is 23.8 Å². The van der Waals surface area contributed by atoms with E-state index in [9.17, 15) is 14.0 Å². The lowest BCUT2D eigenvalue weighted by molar-refractivity contribution is -0.260. The number of piperidine rings is 1. The fourth-order valence-electron chi connectivity index (χ4n) is 4.00. The van der Waals surface area contributed by atoms with Crippen LogP contribution in [0.1, 0.15) is 30.9 Å². The van der Waals surface area contributed by atoms with Crippen molar-refractivity contribution in [3.8, 4) is 0 Å². The van der Waals surface area contributed by atoms with E-state index in [4.69, 9.17) is 23.9 Å². The van der Waals surface area contributed by atoms with Crippen LogP contribution in [0, 0.1) is 12.7 Å². The second-order valence-corrected chi connectivity index (χ2v) is 8.20. The van der Waals surface area contributed by atoms with Gasteiger partial charge in [-0.15, -0.1) is 0 Å². The number of halogens is 2. The predicted octanol–water partition coefficient (Wildman–Crippen LogP) is 3.55. The topological polar surface area (TPSA) is 86.8 Å². The molecule has 2 heterocycles. The van der Waals surface area contributed by atoms with E-state index in [0.717, 1.165) is 0 Å². The Balaban J connectivity index is 2.19. The summed E-state index contributed by atoms with van der Waals surface area (Å²) in [7, 11) is 3.00. The number of ether oxygens (including phenoxy) is 3. The van der Waals surface area contributed by atoms with E-state index in [1.165, 1.54) is 24.3 Å². The molecule has 1 aromatic rings. The van der Waals surface area contributed by atoms with Crippen molar-refractivity contribution in [2.24, 2.45) is 0 Å². The summed E-state index contributed by atoms with van der Waals surface area (Å²) in [5, 5.41) is 2.94. The second kappa shape index (κ2) is 10.3. The van der Waals surface area contributed by atoms with Gasteiger partial charge < -0.3 is 19.0 Å². The SMILES string of the molecule is CCOC(=O)OC1=C(c2cc(Br)c(F)cc2C)C(=O)N(OCOC)C12CCN(OC)CC2. The lowest BCUT2D eigenvalue weighted by atomic mass is 9.85. The van der Waals surface area contributed by atoms with Crippen LogP contribution < -0.4 is 0 Å². The fourth-order valence-corrected chi connectivity index (χ4v) is 4.35. The Bertz CT molecular complexity index is 916. The van der Waals surface area contributed by atoms with Gasteiger partial charge >= 0.3 is 6.16 Å². The zero-order valence-electron chi connectivity index (χ0n) is 18.4. The lowest BCUT2D eigenvalue weighted by Gasteiger charge is -2.43. The molecule has 1 amide bonds. The number of hydrogen-bond donors (Lipinski definition) is 0. The molecule has 1 saturated heterocycles. The minimum atomic E-state index is -1.10. The van der Waals surface area contributed by atoms with Gasteiger partial charge in [0.25, 0.3) is 5.91 Å². The summed E-state index contributed by atoms with van der Waals surface area (Å²) < 4.78 is 29.9. The Morgan fingerprint density at radius 3 is 2.53 bits per heavy atom. The molecule has 9 nitrogen and oxygen atoms in total. The summed E-state index contributed by atoms with van der Waals surface area (Å²) in [5.41, 5.74) is -0.0741. The standard InChI is InChI=1S/C21H26BrFN2O7/c1-5-30-20(27)32-18-17(14-11-15(22)16(23)10-13(14)2)19(26)25(31-12-28-3)21(18)6-8-24(29-4)9-7-21/h10-11H,5-9,12H2,1-4H3. The lowest BCUT2D eigenvalue weighted by Crippen LogP contribution is -2.55. The van der Waals surface area contributed by atoms with Gasteiger partial charge in [0.2, 0.25) is 0 Å². The molecule has 3 rings (SSSR count). The van der Waals surface area contributed by atoms with Crippen molar-refractivity contribution in [3.63, 3.8) is 0 Å². The Kier molecular flexibility index (Phi) is 7.88. The van der Waals surface area contributed by atoms with Crippen molar-refractivity contribution < 1.29 is 37.9 Å². The molecule has 0 aliphatic carbocycles. The van der Waals surface area contributed by atoms with Gasteiger partial charge in [-0.3, -0.25) is 4.79 Å². The molecule has 0 bridgehead atoms. The Hall–Kier alpha value is -2.05. The molecule has 0 aromatic heterocycles. The minimum absolute atomic E-state index is 0.102. The summed E-state index contributed by atoms with van der Waals surface area (Å²) in [5.74, 6) is -0.885. The molecular formula is C21H26BrFN2O7. The fraction of sp³-hybridized carbons (Fsp3) is 0.524. The molecular weight excluding hydrogens is 491 g/mol. The number of nitrogens with zero attached hydrogens (tertiary/aromatic N) is 2. The van der Waals surface area contributed by atoms with Crippen molar-refractivity contribution >= 4 is 33.6 Å². The third kappa shape index (κ3) is 4.53. The first-order valence-electron chi connectivity index (χ1n) is 10.1. The normalized spacial score (nSPS) is 18.6. The first-order chi connectivity index (χ1) is 15.3. The summed E-state index contributed by atoms with van der Waals surface area (Å²) in [6.45, 7) is 4.14. The smallest absolute Gasteiger partial charge is 0.434 e. The number of hydroxylamine groups is 4. The number of rotatable bonds is 7. The quantitative estimate of drug-likeness (QED) is 0.401. The summed E-state index contributed by atoms with van der Waals surface area (Å²) in [6.07, 6.45) is -0.222. The third-order valence-corrected chi connectivity index (χ3v) is 6.14. The minimum Gasteiger partial charge on any atom is -0.434 e. The van der Waals surface area contributed by atoms with Crippen LogP contribution in [0.15, 0.2) is 22.4 Å². The van der Waals surface area contributed by atoms with Crippen LogP contribution in [0.3, 0.4) is 0 Å². The molecule has 176 valence electrons. The van der Waals surface area contributed by atoms with E-state index >= 15 is 0 Å². The molecule has 1 aromatic carbocycles. The van der Waals surface area contributed by atoms with Crippen molar-refractivity contribution in [2.75, 3.05) is 40.7 Å². The maximum atomic E-state index is 14.1. The van der Waals surface area contributed by atoms with Gasteiger partial charge in [-0.25, -0.2) is 19.1 Å². The van der Waals surface area contributed by atoms with Crippen molar-refractivity contribution in [3.05, 3.63) is 39.3 Å². The molecule has 2 aliphatic heterocycles. The molecule has 1 spiro atoms. The number of carbonyl (C=O) groups excluding carboxylic acids is 2. The molecule has 1 fully saturated rings. The van der Waals surface area contributed by atoms with Gasteiger partial charge in [0.1, 0.15) is 11.4 Å². The molecule has 0 unspecified atom stereocenters. The first-order valence-corrected chi connectivity index (χ1v) is 10.9. The highest BCUT2D eigenvalue weighted by atomic mass is 79.9. The third-order valence-electron chi connectivity index (χ3n) is 5.53. The maximum Gasteiger partial charge on any atom is 0.513 e. The zero-order chi connectivity index (χ0) is 23.5. The van der Waals surface area contributed by atoms with Crippen molar-refractivity contribution in [2.45, 2.75) is 32.2 Å². The summed E-state index contributed by atoms with van der Waals surface area (Å²) in [6, 6.07) is 2.80. The van der Waals surface area contributed by atoms with E-state index in [2.05, 4.69) is 15.9 Å². The van der Waals surface area contributed by atoms with E-state index in [0.29, 0.717) is 37.1 Å². The van der Waals surface area contributed by atoms with Crippen LogP contribution in [0.5, 0.6) is 0 Å². The van der Waals surface area contributed by atoms with E-state index in [1.807, 2.05) is 0 Å². The number of methoxy groups -OCH3 is 1. The Morgan fingerprint density at radius 1 is 1.25 bits per heavy atom. The van der Waals surface area contributed by atoms with Crippen LogP contribution in [0.2, 0.25) is 0 Å². The highest BCUT2D eigenvalue weighted by Crippen LogP contribution is 2.48. The second-order valence-electron chi connectivity index (χ2n) is 7.35. The van der Waals surface area contributed by atoms with Gasteiger partial charge in [-0.2, -0.15) is 5.06 Å². The van der Waals surface area contributed by atoms with Gasteiger partial charge in [0.15, 0.2) is 12.6 Å². The first kappa shape index (κ1) is 24.6. The monoisotopic (exact) mass is 516 g/mol. The van der Waals surface area contributed by atoms with Crippen LogP contribution in [0.25, 0.3) is 5.57 Å². The number of aryl methyl sites for hydroxylation is 1. The van der Waals surface area contributed by atoms with E-state index in [-0.39, 0.29) is 29.2 Å². The van der Waals surface area contributed by atoms with E-state index in [1.54, 1.807) is 26.0 Å². The Morgan fingerprint density at radius 2 is 1.94 bits per heavy atom. The average Bonchev–Trinajstić information content (AvgIpc) is 2.97. The molecule has 0 N–H and O–H groups in total. The largest absolute Gasteiger partial charge is 0.513 e. The molecule has 11 heteroatoms. The van der Waals surface area contributed by atoms with Gasteiger partial charge in [0, 0.05) is 20.2 Å². The highest BCUT2D eigenvalue weighted by Gasteiger charge is 2.57. The van der Waals surface area contributed by atoms with Crippen LogP contribution in [-0.4, -0.2) is 68.4 Å².